The summed E-state index contributed by atoms with van der Waals surface area (Å²) < 4.78 is 43.3. The van der Waals surface area contributed by atoms with Crippen molar-refractivity contribution in [2.45, 2.75) is 32.5 Å². The number of carbonyl (C=O) groups excluding carboxylic acids is 1. The van der Waals surface area contributed by atoms with Crippen LogP contribution in [0, 0.1) is 0 Å². The van der Waals surface area contributed by atoms with E-state index in [0.29, 0.717) is 6.07 Å². The van der Waals surface area contributed by atoms with Gasteiger partial charge in [-0.2, -0.15) is 13.2 Å². The molecule has 0 aliphatic carbocycles. The summed E-state index contributed by atoms with van der Waals surface area (Å²) in [6, 6.07) is 2.14. The Morgan fingerprint density at radius 1 is 1.19 bits per heavy atom. The van der Waals surface area contributed by atoms with Crippen molar-refractivity contribution in [3.63, 3.8) is 0 Å². The summed E-state index contributed by atoms with van der Waals surface area (Å²) in [4.78, 5) is 22.3. The number of hydrogen-bond donors (Lipinski definition) is 2. The number of carboxylic acid groups (broad SMARTS) is 1. The van der Waals surface area contributed by atoms with Crippen LogP contribution in [0.4, 0.5) is 23.7 Å². The first kappa shape index (κ1) is 16.8. The molecule has 21 heavy (non-hydrogen) atoms. The maximum Gasteiger partial charge on any atom is 0.418 e. The molecule has 0 heterocycles. The van der Waals surface area contributed by atoms with Crippen LogP contribution in [0.1, 0.15) is 36.7 Å². The van der Waals surface area contributed by atoms with E-state index >= 15 is 0 Å². The topological polar surface area (TPSA) is 75.6 Å². The molecule has 0 spiro atoms. The number of halogens is 3. The van der Waals surface area contributed by atoms with E-state index in [-0.39, 0.29) is 5.56 Å². The fourth-order valence-corrected chi connectivity index (χ4v) is 1.44. The van der Waals surface area contributed by atoms with Crippen molar-refractivity contribution >= 4 is 17.7 Å². The van der Waals surface area contributed by atoms with Crippen molar-refractivity contribution in [1.29, 1.82) is 0 Å². The summed E-state index contributed by atoms with van der Waals surface area (Å²) in [5.74, 6) is -1.41. The van der Waals surface area contributed by atoms with E-state index in [9.17, 15) is 22.8 Å². The van der Waals surface area contributed by atoms with Gasteiger partial charge in [0, 0.05) is 0 Å². The molecule has 0 saturated carbocycles. The zero-order valence-corrected chi connectivity index (χ0v) is 11.5. The number of hydrogen-bond acceptors (Lipinski definition) is 3. The van der Waals surface area contributed by atoms with E-state index in [0.717, 1.165) is 12.1 Å². The van der Waals surface area contributed by atoms with Crippen LogP contribution in [0.15, 0.2) is 18.2 Å². The highest BCUT2D eigenvalue weighted by molar-refractivity contribution is 5.92. The molecule has 0 aromatic heterocycles. The molecule has 1 aromatic carbocycles. The minimum absolute atomic E-state index is 0.381. The maximum atomic E-state index is 12.8. The monoisotopic (exact) mass is 305 g/mol. The van der Waals surface area contributed by atoms with Crippen LogP contribution in [0.2, 0.25) is 0 Å². The third kappa shape index (κ3) is 4.97. The zero-order valence-electron chi connectivity index (χ0n) is 11.5. The number of benzene rings is 1. The number of carbonyl (C=O) groups is 2. The zero-order chi connectivity index (χ0) is 16.4. The number of anilines is 1. The van der Waals surface area contributed by atoms with Gasteiger partial charge in [0.25, 0.3) is 0 Å². The summed E-state index contributed by atoms with van der Waals surface area (Å²) in [6.45, 7) is 4.64. The second-order valence-corrected chi connectivity index (χ2v) is 5.19. The minimum atomic E-state index is -4.73. The van der Waals surface area contributed by atoms with Crippen LogP contribution in [-0.2, 0) is 10.9 Å². The van der Waals surface area contributed by atoms with Crippen molar-refractivity contribution in [2.75, 3.05) is 5.32 Å². The van der Waals surface area contributed by atoms with Crippen LogP contribution < -0.4 is 5.32 Å². The van der Waals surface area contributed by atoms with Crippen molar-refractivity contribution in [2.24, 2.45) is 0 Å². The van der Waals surface area contributed by atoms with Gasteiger partial charge in [0.15, 0.2) is 0 Å². The molecule has 0 atom stereocenters. The molecular weight excluding hydrogens is 291 g/mol. The standard InChI is InChI=1S/C13H14F3NO4/c1-12(2,3)21-11(20)17-9-6-7(10(18)19)4-5-8(9)13(14,15)16/h4-6H,1-3H3,(H,17,20)(H,18,19). The number of alkyl halides is 3. The molecule has 8 heteroatoms. The quantitative estimate of drug-likeness (QED) is 0.872. The summed E-state index contributed by atoms with van der Waals surface area (Å²) in [5, 5.41) is 10.7. The van der Waals surface area contributed by atoms with Crippen LogP contribution >= 0.6 is 0 Å². The van der Waals surface area contributed by atoms with Gasteiger partial charge in [0.05, 0.1) is 16.8 Å². The highest BCUT2D eigenvalue weighted by atomic mass is 19.4. The van der Waals surface area contributed by atoms with E-state index in [1.165, 1.54) is 0 Å². The molecule has 5 nitrogen and oxygen atoms in total. The van der Waals surface area contributed by atoms with Gasteiger partial charge in [0.1, 0.15) is 5.60 Å². The lowest BCUT2D eigenvalue weighted by atomic mass is 10.1. The second kappa shape index (κ2) is 5.63. The lowest BCUT2D eigenvalue weighted by molar-refractivity contribution is -0.136. The first-order valence-corrected chi connectivity index (χ1v) is 5.85. The molecule has 1 aromatic rings. The molecule has 0 saturated heterocycles. The molecule has 0 bridgehead atoms. The smallest absolute Gasteiger partial charge is 0.418 e. The number of aromatic carboxylic acids is 1. The van der Waals surface area contributed by atoms with Gasteiger partial charge in [-0.1, -0.05) is 0 Å². The Hall–Kier alpha value is -2.25. The highest BCUT2D eigenvalue weighted by Crippen LogP contribution is 2.35. The Kier molecular flexibility index (Phi) is 4.50. The first-order chi connectivity index (χ1) is 9.40. The predicted molar refractivity (Wildman–Crippen MR) is 68.3 cm³/mol. The van der Waals surface area contributed by atoms with Gasteiger partial charge < -0.3 is 9.84 Å². The van der Waals surface area contributed by atoms with E-state index in [1.807, 2.05) is 5.32 Å². The van der Waals surface area contributed by atoms with Crippen LogP contribution in [0.5, 0.6) is 0 Å². The van der Waals surface area contributed by atoms with Crippen molar-refractivity contribution in [1.82, 2.24) is 0 Å². The molecule has 2 N–H and O–H groups in total. The average Bonchev–Trinajstić information content (AvgIpc) is 2.24. The number of ether oxygens (including phenoxy) is 1. The molecule has 0 fully saturated rings. The molecule has 0 radical (unpaired) electrons. The Morgan fingerprint density at radius 2 is 1.76 bits per heavy atom. The van der Waals surface area contributed by atoms with Crippen molar-refractivity contribution in [3.8, 4) is 0 Å². The van der Waals surface area contributed by atoms with E-state index in [2.05, 4.69) is 0 Å². The van der Waals surface area contributed by atoms with Crippen molar-refractivity contribution in [3.05, 3.63) is 29.3 Å². The molecule has 0 aliphatic heterocycles. The number of rotatable bonds is 2. The summed E-state index contributed by atoms with van der Waals surface area (Å²) in [5.41, 5.74) is -3.10. The number of nitrogens with one attached hydrogen (secondary N) is 1. The average molecular weight is 305 g/mol. The SMILES string of the molecule is CC(C)(C)OC(=O)Nc1cc(C(=O)O)ccc1C(F)(F)F. The van der Waals surface area contributed by atoms with Crippen LogP contribution in [-0.4, -0.2) is 22.8 Å². The van der Waals surface area contributed by atoms with E-state index in [1.54, 1.807) is 20.8 Å². The van der Waals surface area contributed by atoms with Gasteiger partial charge in [-0.15, -0.1) is 0 Å². The Bertz CT molecular complexity index is 562. The van der Waals surface area contributed by atoms with Gasteiger partial charge in [-0.05, 0) is 39.0 Å². The van der Waals surface area contributed by atoms with E-state index < -0.39 is 35.1 Å². The van der Waals surface area contributed by atoms with Crippen LogP contribution in [0.3, 0.4) is 0 Å². The molecular formula is C13H14F3NO4. The molecule has 1 rings (SSSR count). The Morgan fingerprint density at radius 3 is 2.19 bits per heavy atom. The van der Waals surface area contributed by atoms with Gasteiger partial charge in [-0.25, -0.2) is 9.59 Å². The minimum Gasteiger partial charge on any atom is -0.478 e. The molecule has 0 unspecified atom stereocenters. The Balaban J connectivity index is 3.15. The molecule has 116 valence electrons. The highest BCUT2D eigenvalue weighted by Gasteiger charge is 2.34. The molecule has 0 aliphatic rings. The van der Waals surface area contributed by atoms with Gasteiger partial charge in [0.2, 0.25) is 0 Å². The second-order valence-electron chi connectivity index (χ2n) is 5.19. The lowest BCUT2D eigenvalue weighted by Crippen LogP contribution is -2.28. The number of carboxylic acids is 1. The molecule has 1 amide bonds. The fraction of sp³-hybridized carbons (Fsp3) is 0.385. The van der Waals surface area contributed by atoms with Crippen molar-refractivity contribution < 1.29 is 32.6 Å². The fourth-order valence-electron chi connectivity index (χ4n) is 1.44. The lowest BCUT2D eigenvalue weighted by Gasteiger charge is -2.21. The summed E-state index contributed by atoms with van der Waals surface area (Å²) in [7, 11) is 0. The first-order valence-electron chi connectivity index (χ1n) is 5.85. The Labute approximate surface area is 118 Å². The third-order valence-corrected chi connectivity index (χ3v) is 2.21. The van der Waals surface area contributed by atoms with Gasteiger partial charge >= 0.3 is 18.2 Å². The third-order valence-electron chi connectivity index (χ3n) is 2.21. The summed E-state index contributed by atoms with van der Waals surface area (Å²) in [6.07, 6.45) is -5.84. The normalized spacial score (nSPS) is 11.9. The predicted octanol–water partition coefficient (Wildman–Crippen LogP) is 3.75. The number of amides is 1. The largest absolute Gasteiger partial charge is 0.478 e. The maximum absolute atomic E-state index is 12.8. The van der Waals surface area contributed by atoms with Crippen LogP contribution in [0.25, 0.3) is 0 Å². The van der Waals surface area contributed by atoms with Gasteiger partial charge in [-0.3, -0.25) is 5.32 Å². The summed E-state index contributed by atoms with van der Waals surface area (Å²) >= 11 is 0. The van der Waals surface area contributed by atoms with E-state index in [4.69, 9.17) is 9.84 Å².